The van der Waals surface area contributed by atoms with E-state index in [1.165, 1.54) is 0 Å². The number of benzene rings is 2. The monoisotopic (exact) mass is 318 g/mol. The Balaban J connectivity index is 2.06. The number of hydrogen-bond acceptors (Lipinski definition) is 2. The van der Waals surface area contributed by atoms with E-state index in [9.17, 15) is 4.79 Å². The third-order valence-electron chi connectivity index (χ3n) is 3.57. The first-order valence-corrected chi connectivity index (χ1v) is 7.32. The molecule has 1 unspecified atom stereocenters. The van der Waals surface area contributed by atoms with Crippen LogP contribution in [0, 0.1) is 0 Å². The summed E-state index contributed by atoms with van der Waals surface area (Å²) >= 11 is 5.89. The Bertz CT molecular complexity index is 643. The maximum atomic E-state index is 12.3. The normalized spacial score (nSPS) is 11.6. The molecule has 1 N–H and O–H groups in total. The largest absolute Gasteiger partial charge is 0.497 e. The molecule has 2 aromatic rings. The first-order valence-electron chi connectivity index (χ1n) is 6.94. The molecular formula is C17H19ClN2O2. The van der Waals surface area contributed by atoms with Crippen LogP contribution in [0.2, 0.25) is 5.02 Å². The molecule has 0 aliphatic rings. The van der Waals surface area contributed by atoms with Crippen molar-refractivity contribution in [3.8, 4) is 5.75 Å². The molecule has 1 atom stereocenters. The van der Waals surface area contributed by atoms with Gasteiger partial charge in [0.2, 0.25) is 0 Å². The summed E-state index contributed by atoms with van der Waals surface area (Å²) in [5.74, 6) is 0.700. The van der Waals surface area contributed by atoms with Crippen molar-refractivity contribution in [3.05, 3.63) is 59.1 Å². The molecule has 2 amide bonds. The molecule has 5 heteroatoms. The quantitative estimate of drug-likeness (QED) is 0.897. The number of anilines is 1. The molecule has 0 fully saturated rings. The summed E-state index contributed by atoms with van der Waals surface area (Å²) in [5, 5.41) is 3.54. The molecule has 0 radical (unpaired) electrons. The van der Waals surface area contributed by atoms with Gasteiger partial charge in [-0.1, -0.05) is 29.8 Å². The fourth-order valence-corrected chi connectivity index (χ4v) is 2.18. The molecule has 0 aromatic heterocycles. The standard InChI is InChI=1S/C17H19ClN2O2/c1-12(13-7-9-14(18)10-8-13)20(2)17(21)19-15-5-4-6-16(11-15)22-3/h4-12H,1-3H3,(H,19,21). The van der Waals surface area contributed by atoms with Crippen LogP contribution >= 0.6 is 11.6 Å². The minimum atomic E-state index is -0.185. The summed E-state index contributed by atoms with van der Waals surface area (Å²) < 4.78 is 5.15. The predicted molar refractivity (Wildman–Crippen MR) is 89.6 cm³/mol. The van der Waals surface area contributed by atoms with Crippen LogP contribution in [0.25, 0.3) is 0 Å². The fourth-order valence-electron chi connectivity index (χ4n) is 2.05. The van der Waals surface area contributed by atoms with E-state index in [1.54, 1.807) is 25.1 Å². The summed E-state index contributed by atoms with van der Waals surface area (Å²) in [6.45, 7) is 1.97. The second-order valence-electron chi connectivity index (χ2n) is 5.00. The van der Waals surface area contributed by atoms with Crippen LogP contribution in [-0.4, -0.2) is 25.1 Å². The second-order valence-corrected chi connectivity index (χ2v) is 5.44. The molecule has 0 aliphatic carbocycles. The summed E-state index contributed by atoms with van der Waals surface area (Å²) in [7, 11) is 3.35. The van der Waals surface area contributed by atoms with Gasteiger partial charge in [0.15, 0.2) is 0 Å². The smallest absolute Gasteiger partial charge is 0.322 e. The Hall–Kier alpha value is -2.20. The first-order chi connectivity index (χ1) is 10.5. The molecule has 0 heterocycles. The average molecular weight is 319 g/mol. The lowest BCUT2D eigenvalue weighted by Gasteiger charge is -2.25. The van der Waals surface area contributed by atoms with Gasteiger partial charge in [0.05, 0.1) is 13.2 Å². The highest BCUT2D eigenvalue weighted by atomic mass is 35.5. The van der Waals surface area contributed by atoms with E-state index >= 15 is 0 Å². The van der Waals surface area contributed by atoms with E-state index in [4.69, 9.17) is 16.3 Å². The zero-order valence-electron chi connectivity index (χ0n) is 12.8. The van der Waals surface area contributed by atoms with Crippen LogP contribution in [0.15, 0.2) is 48.5 Å². The molecule has 4 nitrogen and oxygen atoms in total. The van der Waals surface area contributed by atoms with Gasteiger partial charge in [-0.3, -0.25) is 0 Å². The van der Waals surface area contributed by atoms with Gasteiger partial charge in [-0.25, -0.2) is 4.79 Å². The SMILES string of the molecule is COc1cccc(NC(=O)N(C)C(C)c2ccc(Cl)cc2)c1. The van der Waals surface area contributed by atoms with Crippen molar-refractivity contribution in [3.63, 3.8) is 0 Å². The molecule has 0 bridgehead atoms. The van der Waals surface area contributed by atoms with E-state index in [-0.39, 0.29) is 12.1 Å². The van der Waals surface area contributed by atoms with Crippen LogP contribution in [0.3, 0.4) is 0 Å². The van der Waals surface area contributed by atoms with Crippen LogP contribution in [0.5, 0.6) is 5.75 Å². The van der Waals surface area contributed by atoms with Gasteiger partial charge in [-0.2, -0.15) is 0 Å². The van der Waals surface area contributed by atoms with Gasteiger partial charge >= 0.3 is 6.03 Å². The lowest BCUT2D eigenvalue weighted by Crippen LogP contribution is -2.33. The second kappa shape index (κ2) is 7.18. The van der Waals surface area contributed by atoms with Gasteiger partial charge in [0.1, 0.15) is 5.75 Å². The number of methoxy groups -OCH3 is 1. The summed E-state index contributed by atoms with van der Waals surface area (Å²) in [4.78, 5) is 14.0. The molecule has 2 rings (SSSR count). The lowest BCUT2D eigenvalue weighted by atomic mass is 10.1. The molecule has 0 spiro atoms. The van der Waals surface area contributed by atoms with Crippen LogP contribution in [0.4, 0.5) is 10.5 Å². The number of halogens is 1. The van der Waals surface area contributed by atoms with Crippen LogP contribution in [-0.2, 0) is 0 Å². The molecule has 0 aliphatic heterocycles. The van der Waals surface area contributed by atoms with Crippen LogP contribution < -0.4 is 10.1 Å². The van der Waals surface area contributed by atoms with Crippen molar-refractivity contribution in [1.29, 1.82) is 0 Å². The summed E-state index contributed by atoms with van der Waals surface area (Å²) in [6.07, 6.45) is 0. The third kappa shape index (κ3) is 3.92. The molecule has 22 heavy (non-hydrogen) atoms. The Morgan fingerprint density at radius 3 is 2.55 bits per heavy atom. The number of nitrogens with one attached hydrogen (secondary N) is 1. The number of urea groups is 1. The first kappa shape index (κ1) is 16.2. The Morgan fingerprint density at radius 1 is 1.23 bits per heavy atom. The van der Waals surface area contributed by atoms with Crippen molar-refractivity contribution in [2.24, 2.45) is 0 Å². The zero-order valence-corrected chi connectivity index (χ0v) is 13.6. The molecular weight excluding hydrogens is 300 g/mol. The zero-order chi connectivity index (χ0) is 16.1. The van der Waals surface area contributed by atoms with Crippen molar-refractivity contribution in [2.45, 2.75) is 13.0 Å². The van der Waals surface area contributed by atoms with E-state index < -0.39 is 0 Å². The van der Waals surface area contributed by atoms with E-state index in [0.717, 1.165) is 5.56 Å². The van der Waals surface area contributed by atoms with Gasteiger partial charge in [-0.05, 0) is 36.8 Å². The summed E-state index contributed by atoms with van der Waals surface area (Å²) in [5.41, 5.74) is 1.71. The third-order valence-corrected chi connectivity index (χ3v) is 3.83. The minimum Gasteiger partial charge on any atom is -0.497 e. The number of amides is 2. The highest BCUT2D eigenvalue weighted by molar-refractivity contribution is 6.30. The molecule has 2 aromatic carbocycles. The van der Waals surface area contributed by atoms with E-state index in [1.807, 2.05) is 49.4 Å². The van der Waals surface area contributed by atoms with Crippen molar-refractivity contribution in [2.75, 3.05) is 19.5 Å². The van der Waals surface area contributed by atoms with Crippen molar-refractivity contribution < 1.29 is 9.53 Å². The number of rotatable bonds is 4. The average Bonchev–Trinajstić information content (AvgIpc) is 2.54. The number of nitrogens with zero attached hydrogens (tertiary/aromatic N) is 1. The maximum absolute atomic E-state index is 12.3. The Kier molecular flexibility index (Phi) is 5.28. The Labute approximate surface area is 135 Å². The van der Waals surface area contributed by atoms with E-state index in [2.05, 4.69) is 5.32 Å². The fraction of sp³-hybridized carbons (Fsp3) is 0.235. The lowest BCUT2D eigenvalue weighted by molar-refractivity contribution is 0.208. The van der Waals surface area contributed by atoms with Crippen LogP contribution in [0.1, 0.15) is 18.5 Å². The van der Waals surface area contributed by atoms with Crippen molar-refractivity contribution >= 4 is 23.3 Å². The molecule has 0 saturated heterocycles. The number of carbonyl (C=O) groups is 1. The highest BCUT2D eigenvalue weighted by Crippen LogP contribution is 2.22. The maximum Gasteiger partial charge on any atom is 0.322 e. The number of ether oxygens (including phenoxy) is 1. The van der Waals surface area contributed by atoms with E-state index in [0.29, 0.717) is 16.5 Å². The topological polar surface area (TPSA) is 41.6 Å². The Morgan fingerprint density at radius 2 is 1.91 bits per heavy atom. The van der Waals surface area contributed by atoms with Gasteiger partial charge in [0.25, 0.3) is 0 Å². The highest BCUT2D eigenvalue weighted by Gasteiger charge is 2.17. The predicted octanol–water partition coefficient (Wildman–Crippen LogP) is 4.57. The van der Waals surface area contributed by atoms with Crippen molar-refractivity contribution in [1.82, 2.24) is 4.90 Å². The minimum absolute atomic E-state index is 0.0668. The number of carbonyl (C=O) groups excluding carboxylic acids is 1. The number of hydrogen-bond donors (Lipinski definition) is 1. The summed E-state index contributed by atoms with van der Waals surface area (Å²) in [6, 6.07) is 14.5. The van der Waals surface area contributed by atoms with Gasteiger partial charge in [0, 0.05) is 23.8 Å². The van der Waals surface area contributed by atoms with Gasteiger partial charge < -0.3 is 15.0 Å². The molecule has 0 saturated carbocycles. The molecule has 116 valence electrons. The van der Waals surface area contributed by atoms with Gasteiger partial charge in [-0.15, -0.1) is 0 Å².